The summed E-state index contributed by atoms with van der Waals surface area (Å²) in [7, 11) is 2.07. The van der Waals surface area contributed by atoms with Gasteiger partial charge in [0, 0.05) is 19.3 Å². The van der Waals surface area contributed by atoms with E-state index in [9.17, 15) is 0 Å². The number of imidazole rings is 1. The lowest BCUT2D eigenvalue weighted by Gasteiger charge is -2.18. The van der Waals surface area contributed by atoms with Crippen LogP contribution in [0.15, 0.2) is 42.6 Å². The van der Waals surface area contributed by atoms with Crippen molar-refractivity contribution in [1.29, 1.82) is 0 Å². The molecule has 2 aromatic heterocycles. The summed E-state index contributed by atoms with van der Waals surface area (Å²) >= 11 is 0. The van der Waals surface area contributed by atoms with E-state index in [0.29, 0.717) is 0 Å². The van der Waals surface area contributed by atoms with Gasteiger partial charge in [-0.15, -0.1) is 4.98 Å². The van der Waals surface area contributed by atoms with Gasteiger partial charge in [-0.1, -0.05) is 12.1 Å². The van der Waals surface area contributed by atoms with Gasteiger partial charge in [-0.2, -0.15) is 4.58 Å². The third-order valence-corrected chi connectivity index (χ3v) is 4.67. The molecular formula is C17H19N4+. The van der Waals surface area contributed by atoms with Crippen molar-refractivity contribution in [3.8, 4) is 0 Å². The zero-order valence-electron chi connectivity index (χ0n) is 12.8. The lowest BCUT2D eigenvalue weighted by Crippen LogP contribution is -2.31. The largest absolute Gasteiger partial charge is 0.360 e. The second-order valence-electron chi connectivity index (χ2n) is 6.19. The van der Waals surface area contributed by atoms with Gasteiger partial charge >= 0.3 is 5.95 Å². The molecule has 1 aliphatic rings. The van der Waals surface area contributed by atoms with Crippen molar-refractivity contribution >= 4 is 28.5 Å². The Balaban J connectivity index is 2.11. The fourth-order valence-corrected chi connectivity index (χ4v) is 3.26. The molecule has 4 nitrogen and oxygen atoms in total. The molecule has 3 heterocycles. The summed E-state index contributed by atoms with van der Waals surface area (Å²) in [6, 6.07) is 12.6. The minimum absolute atomic E-state index is 0.0876. The van der Waals surface area contributed by atoms with E-state index in [1.54, 1.807) is 0 Å². The third-order valence-electron chi connectivity index (χ3n) is 4.67. The normalized spacial score (nSPS) is 16.8. The van der Waals surface area contributed by atoms with Gasteiger partial charge in [0.2, 0.25) is 5.82 Å². The highest BCUT2D eigenvalue weighted by atomic mass is 15.4. The summed E-state index contributed by atoms with van der Waals surface area (Å²) in [5.74, 6) is 2.15. The molecule has 0 aliphatic carbocycles. The fourth-order valence-electron chi connectivity index (χ4n) is 3.26. The van der Waals surface area contributed by atoms with E-state index >= 15 is 0 Å². The number of para-hydroxylation sites is 2. The predicted molar refractivity (Wildman–Crippen MR) is 86.6 cm³/mol. The maximum atomic E-state index is 4.87. The molecule has 0 amide bonds. The highest BCUT2D eigenvalue weighted by Crippen LogP contribution is 2.38. The number of hydrogen-bond acceptors (Lipinski definition) is 1. The summed E-state index contributed by atoms with van der Waals surface area (Å²) < 4.78 is 6.74. The quantitative estimate of drug-likeness (QED) is 0.627. The van der Waals surface area contributed by atoms with Gasteiger partial charge in [0.25, 0.3) is 0 Å². The first-order chi connectivity index (χ1) is 10.0. The Morgan fingerprint density at radius 1 is 1.10 bits per heavy atom. The number of nitrogens with zero attached hydrogens (tertiary/aromatic N) is 4. The topological polar surface area (TPSA) is 25.8 Å². The van der Waals surface area contributed by atoms with E-state index in [1.807, 2.05) is 6.07 Å². The van der Waals surface area contributed by atoms with Gasteiger partial charge in [0.1, 0.15) is 11.1 Å². The maximum Gasteiger partial charge on any atom is 0.360 e. The van der Waals surface area contributed by atoms with E-state index in [0.717, 1.165) is 17.3 Å². The summed E-state index contributed by atoms with van der Waals surface area (Å²) in [4.78, 5) is 4.87. The monoisotopic (exact) mass is 279 g/mol. The average molecular weight is 279 g/mol. The van der Waals surface area contributed by atoms with Gasteiger partial charge in [0.15, 0.2) is 5.52 Å². The van der Waals surface area contributed by atoms with Crippen molar-refractivity contribution in [2.24, 2.45) is 7.05 Å². The van der Waals surface area contributed by atoms with E-state index in [1.165, 1.54) is 11.2 Å². The predicted octanol–water partition coefficient (Wildman–Crippen LogP) is 3.42. The first-order valence-corrected chi connectivity index (χ1v) is 7.25. The van der Waals surface area contributed by atoms with E-state index < -0.39 is 0 Å². The SMILES string of the molecule is CC1=[N+](c2cccn2C)c2nc3ccccc3n2C1(C)C. The zero-order chi connectivity index (χ0) is 14.8. The first-order valence-electron chi connectivity index (χ1n) is 7.25. The third kappa shape index (κ3) is 1.45. The molecule has 0 bridgehead atoms. The number of fused-ring (bicyclic) bond motifs is 3. The molecule has 4 heteroatoms. The molecule has 0 fully saturated rings. The van der Waals surface area contributed by atoms with Crippen LogP contribution in [0, 0.1) is 0 Å². The number of benzene rings is 1. The van der Waals surface area contributed by atoms with Crippen LogP contribution in [0.5, 0.6) is 0 Å². The number of rotatable bonds is 1. The summed E-state index contributed by atoms with van der Waals surface area (Å²) in [5, 5.41) is 0. The molecule has 0 spiro atoms. The molecule has 1 aromatic carbocycles. The van der Waals surface area contributed by atoms with E-state index in [4.69, 9.17) is 4.98 Å². The Hall–Kier alpha value is -2.36. The van der Waals surface area contributed by atoms with Crippen molar-refractivity contribution in [2.75, 3.05) is 0 Å². The smallest absolute Gasteiger partial charge is 0.286 e. The van der Waals surface area contributed by atoms with Crippen LogP contribution in [0.25, 0.3) is 11.0 Å². The van der Waals surface area contributed by atoms with Gasteiger partial charge < -0.3 is 0 Å². The van der Waals surface area contributed by atoms with E-state index in [2.05, 4.69) is 78.1 Å². The van der Waals surface area contributed by atoms with E-state index in [-0.39, 0.29) is 5.54 Å². The highest BCUT2D eigenvalue weighted by Gasteiger charge is 2.44. The molecule has 0 unspecified atom stereocenters. The molecule has 1 aliphatic heterocycles. The Kier molecular flexibility index (Phi) is 2.27. The van der Waals surface area contributed by atoms with Crippen LogP contribution < -0.4 is 4.58 Å². The summed E-state index contributed by atoms with van der Waals surface area (Å²) in [6.07, 6.45) is 2.07. The van der Waals surface area contributed by atoms with Crippen LogP contribution in [0.4, 0.5) is 11.8 Å². The maximum absolute atomic E-state index is 4.87. The highest BCUT2D eigenvalue weighted by molar-refractivity contribution is 5.99. The van der Waals surface area contributed by atoms with Gasteiger partial charge in [-0.25, -0.2) is 4.57 Å². The molecule has 0 N–H and O–H groups in total. The van der Waals surface area contributed by atoms with Gasteiger partial charge in [-0.05, 0) is 39.0 Å². The standard InChI is InChI=1S/C17H19N4/c1-12-17(2,3)21-14-9-6-5-8-13(14)18-16(21)20(12)15-10-7-11-19(15)4/h5-11H,1-4H3/q+1. The van der Waals surface area contributed by atoms with Crippen LogP contribution in [0.3, 0.4) is 0 Å². The minimum atomic E-state index is -0.0876. The van der Waals surface area contributed by atoms with Crippen LogP contribution in [0.1, 0.15) is 20.8 Å². The van der Waals surface area contributed by atoms with Crippen molar-refractivity contribution in [3.05, 3.63) is 42.6 Å². The van der Waals surface area contributed by atoms with Crippen molar-refractivity contribution < 1.29 is 0 Å². The van der Waals surface area contributed by atoms with Crippen LogP contribution >= 0.6 is 0 Å². The second kappa shape index (κ2) is 3.85. The Labute approximate surface area is 124 Å². The average Bonchev–Trinajstić information content (AvgIpc) is 3.07. The Morgan fingerprint density at radius 3 is 2.57 bits per heavy atom. The molecule has 0 saturated heterocycles. The Bertz CT molecular complexity index is 893. The second-order valence-corrected chi connectivity index (χ2v) is 6.19. The Morgan fingerprint density at radius 2 is 1.86 bits per heavy atom. The number of aromatic nitrogens is 3. The fraction of sp³-hybridized carbons (Fsp3) is 0.294. The number of aryl methyl sites for hydroxylation is 1. The molecule has 0 atom stereocenters. The molecular weight excluding hydrogens is 260 g/mol. The first kappa shape index (κ1) is 12.4. The molecule has 21 heavy (non-hydrogen) atoms. The molecule has 0 saturated carbocycles. The van der Waals surface area contributed by atoms with Crippen molar-refractivity contribution in [2.45, 2.75) is 26.3 Å². The van der Waals surface area contributed by atoms with Crippen LogP contribution in [-0.4, -0.2) is 19.8 Å². The lowest BCUT2D eigenvalue weighted by molar-refractivity contribution is 0.528. The number of hydrogen-bond donors (Lipinski definition) is 0. The van der Waals surface area contributed by atoms with Crippen LogP contribution in [0.2, 0.25) is 0 Å². The molecule has 4 rings (SSSR count). The minimum Gasteiger partial charge on any atom is -0.286 e. The zero-order valence-corrected chi connectivity index (χ0v) is 12.8. The van der Waals surface area contributed by atoms with Crippen molar-refractivity contribution in [1.82, 2.24) is 18.7 Å². The molecule has 106 valence electrons. The van der Waals surface area contributed by atoms with Gasteiger partial charge in [0.05, 0.1) is 5.71 Å². The van der Waals surface area contributed by atoms with Gasteiger partial charge in [-0.3, -0.25) is 4.57 Å². The molecule has 3 aromatic rings. The summed E-state index contributed by atoms with van der Waals surface area (Å²) in [5.41, 5.74) is 3.44. The summed E-state index contributed by atoms with van der Waals surface area (Å²) in [6.45, 7) is 6.70. The van der Waals surface area contributed by atoms with Crippen molar-refractivity contribution in [3.63, 3.8) is 0 Å². The molecule has 0 radical (unpaired) electrons. The van der Waals surface area contributed by atoms with Crippen LogP contribution in [-0.2, 0) is 12.6 Å². The lowest BCUT2D eigenvalue weighted by atomic mass is 9.99.